The molecule has 0 spiro atoms. The van der Waals surface area contributed by atoms with Crippen molar-refractivity contribution in [3.8, 4) is 0 Å². The second-order valence-electron chi connectivity index (χ2n) is 6.22. The molecular formula is C17H20N6. The van der Waals surface area contributed by atoms with Gasteiger partial charge in [-0.25, -0.2) is 9.97 Å². The smallest absolute Gasteiger partial charge is 0.139 e. The molecule has 3 heterocycles. The van der Waals surface area contributed by atoms with Gasteiger partial charge in [0.25, 0.3) is 0 Å². The van der Waals surface area contributed by atoms with Crippen molar-refractivity contribution in [3.05, 3.63) is 42.5 Å². The number of aromatic nitrogens is 5. The number of benzene rings is 1. The van der Waals surface area contributed by atoms with E-state index in [4.69, 9.17) is 0 Å². The minimum atomic E-state index is 0.655. The Morgan fingerprint density at radius 3 is 2.83 bits per heavy atom. The highest BCUT2D eigenvalue weighted by molar-refractivity contribution is 5.91. The van der Waals surface area contributed by atoms with E-state index in [2.05, 4.69) is 50.3 Å². The number of hydrogen-bond donors (Lipinski definition) is 0. The van der Waals surface area contributed by atoms with Crippen LogP contribution in [0.3, 0.4) is 0 Å². The van der Waals surface area contributed by atoms with Crippen LogP contribution in [0.5, 0.6) is 0 Å². The lowest BCUT2D eigenvalue weighted by Gasteiger charge is -2.33. The zero-order chi connectivity index (χ0) is 15.6. The molecule has 1 aromatic carbocycles. The molecule has 2 aromatic heterocycles. The summed E-state index contributed by atoms with van der Waals surface area (Å²) in [5.41, 5.74) is 2.26. The number of anilines is 1. The molecule has 1 aliphatic heterocycles. The molecule has 0 unspecified atom stereocenters. The summed E-state index contributed by atoms with van der Waals surface area (Å²) in [7, 11) is 0. The summed E-state index contributed by atoms with van der Waals surface area (Å²) in [6.45, 7) is 5.11. The SMILES string of the molecule is Cc1cccc2c(N3CCC(Cn4ccnn4)CC3)ncnc12. The minimum Gasteiger partial charge on any atom is -0.356 e. The Hall–Kier alpha value is -2.50. The fourth-order valence-corrected chi connectivity index (χ4v) is 3.40. The number of fused-ring (bicyclic) bond motifs is 1. The predicted octanol–water partition coefficient (Wildman–Crippen LogP) is 2.45. The maximum absolute atomic E-state index is 4.56. The van der Waals surface area contributed by atoms with Gasteiger partial charge in [0.1, 0.15) is 12.1 Å². The minimum absolute atomic E-state index is 0.655. The fraction of sp³-hybridized carbons (Fsp3) is 0.412. The van der Waals surface area contributed by atoms with Crippen molar-refractivity contribution in [1.29, 1.82) is 0 Å². The van der Waals surface area contributed by atoms with E-state index in [-0.39, 0.29) is 0 Å². The molecule has 0 radical (unpaired) electrons. The molecule has 0 bridgehead atoms. The standard InChI is InChI=1S/C17H20N6/c1-13-3-2-4-15-16(13)18-12-19-17(15)22-8-5-14(6-9-22)11-23-10-7-20-21-23/h2-4,7,10,12,14H,5-6,8-9,11H2,1H3. The zero-order valence-corrected chi connectivity index (χ0v) is 13.3. The van der Waals surface area contributed by atoms with E-state index < -0.39 is 0 Å². The first kappa shape index (κ1) is 14.1. The third-order valence-corrected chi connectivity index (χ3v) is 4.68. The maximum Gasteiger partial charge on any atom is 0.139 e. The van der Waals surface area contributed by atoms with Crippen molar-refractivity contribution in [2.24, 2.45) is 5.92 Å². The van der Waals surface area contributed by atoms with Crippen LogP contribution in [0, 0.1) is 12.8 Å². The molecule has 1 fully saturated rings. The van der Waals surface area contributed by atoms with Crippen molar-refractivity contribution in [2.45, 2.75) is 26.3 Å². The highest BCUT2D eigenvalue weighted by Crippen LogP contribution is 2.28. The van der Waals surface area contributed by atoms with Gasteiger partial charge in [0.05, 0.1) is 11.7 Å². The highest BCUT2D eigenvalue weighted by atomic mass is 15.4. The first-order valence-electron chi connectivity index (χ1n) is 8.10. The van der Waals surface area contributed by atoms with Crippen LogP contribution in [0.2, 0.25) is 0 Å². The van der Waals surface area contributed by atoms with E-state index in [1.165, 1.54) is 5.56 Å². The number of rotatable bonds is 3. The molecule has 0 aliphatic carbocycles. The first-order chi connectivity index (χ1) is 11.3. The third kappa shape index (κ3) is 2.76. The number of piperidine rings is 1. The third-order valence-electron chi connectivity index (χ3n) is 4.68. The molecule has 6 nitrogen and oxygen atoms in total. The molecule has 23 heavy (non-hydrogen) atoms. The van der Waals surface area contributed by atoms with Gasteiger partial charge >= 0.3 is 0 Å². The van der Waals surface area contributed by atoms with E-state index in [1.807, 2.05) is 10.9 Å². The summed E-state index contributed by atoms with van der Waals surface area (Å²) >= 11 is 0. The molecule has 118 valence electrons. The topological polar surface area (TPSA) is 59.7 Å². The molecule has 0 N–H and O–H groups in total. The highest BCUT2D eigenvalue weighted by Gasteiger charge is 2.22. The van der Waals surface area contributed by atoms with Crippen molar-refractivity contribution in [3.63, 3.8) is 0 Å². The number of para-hydroxylation sites is 1. The average molecular weight is 308 g/mol. The Kier molecular flexibility index (Phi) is 3.65. The van der Waals surface area contributed by atoms with Crippen LogP contribution in [-0.2, 0) is 6.54 Å². The van der Waals surface area contributed by atoms with Crippen molar-refractivity contribution in [2.75, 3.05) is 18.0 Å². The lowest BCUT2D eigenvalue weighted by Crippen LogP contribution is -2.35. The summed E-state index contributed by atoms with van der Waals surface area (Å²) in [6.07, 6.45) is 7.66. The molecule has 4 rings (SSSR count). The monoisotopic (exact) mass is 308 g/mol. The Balaban J connectivity index is 1.51. The van der Waals surface area contributed by atoms with Crippen molar-refractivity contribution >= 4 is 16.7 Å². The average Bonchev–Trinajstić information content (AvgIpc) is 3.09. The van der Waals surface area contributed by atoms with E-state index in [0.717, 1.165) is 49.2 Å². The van der Waals surface area contributed by atoms with Gasteiger partial charge < -0.3 is 4.90 Å². The molecule has 0 amide bonds. The molecule has 6 heteroatoms. The predicted molar refractivity (Wildman–Crippen MR) is 89.2 cm³/mol. The van der Waals surface area contributed by atoms with Gasteiger partial charge in [-0.15, -0.1) is 5.10 Å². The molecule has 0 saturated carbocycles. The Morgan fingerprint density at radius 2 is 2.04 bits per heavy atom. The summed E-state index contributed by atoms with van der Waals surface area (Å²) in [6, 6.07) is 6.31. The largest absolute Gasteiger partial charge is 0.356 e. The Morgan fingerprint density at radius 1 is 1.17 bits per heavy atom. The number of nitrogens with zero attached hydrogens (tertiary/aromatic N) is 6. The lowest BCUT2D eigenvalue weighted by molar-refractivity contribution is 0.338. The van der Waals surface area contributed by atoms with Crippen LogP contribution in [0.15, 0.2) is 36.9 Å². The van der Waals surface area contributed by atoms with Gasteiger partial charge in [0.2, 0.25) is 0 Å². The van der Waals surface area contributed by atoms with Crippen molar-refractivity contribution < 1.29 is 0 Å². The molecule has 0 atom stereocenters. The maximum atomic E-state index is 4.56. The molecule has 3 aromatic rings. The Labute approximate surface area is 135 Å². The summed E-state index contributed by atoms with van der Waals surface area (Å²) in [4.78, 5) is 11.4. The quantitative estimate of drug-likeness (QED) is 0.744. The molecule has 1 saturated heterocycles. The fourth-order valence-electron chi connectivity index (χ4n) is 3.40. The van der Waals surface area contributed by atoms with Crippen LogP contribution < -0.4 is 4.90 Å². The van der Waals surface area contributed by atoms with Gasteiger partial charge in [-0.05, 0) is 37.3 Å². The number of aryl methyl sites for hydroxylation is 1. The number of hydrogen-bond acceptors (Lipinski definition) is 5. The van der Waals surface area contributed by atoms with Gasteiger partial charge in [-0.1, -0.05) is 17.3 Å². The van der Waals surface area contributed by atoms with Crippen LogP contribution in [0.1, 0.15) is 18.4 Å². The van der Waals surface area contributed by atoms with Crippen LogP contribution in [-0.4, -0.2) is 38.1 Å². The summed E-state index contributed by atoms with van der Waals surface area (Å²) in [5, 5.41) is 9.10. The lowest BCUT2D eigenvalue weighted by atomic mass is 9.96. The normalized spacial score (nSPS) is 16.1. The van der Waals surface area contributed by atoms with E-state index in [9.17, 15) is 0 Å². The molecular weight excluding hydrogens is 288 g/mol. The van der Waals surface area contributed by atoms with Crippen LogP contribution >= 0.6 is 0 Å². The summed E-state index contributed by atoms with van der Waals surface area (Å²) in [5.74, 6) is 1.72. The van der Waals surface area contributed by atoms with Crippen LogP contribution in [0.4, 0.5) is 5.82 Å². The summed E-state index contributed by atoms with van der Waals surface area (Å²) < 4.78 is 1.93. The molecule has 1 aliphatic rings. The second kappa shape index (κ2) is 5.95. The van der Waals surface area contributed by atoms with Gasteiger partial charge in [0, 0.05) is 31.2 Å². The van der Waals surface area contributed by atoms with E-state index in [1.54, 1.807) is 12.5 Å². The van der Waals surface area contributed by atoms with Gasteiger partial charge in [-0.2, -0.15) is 0 Å². The van der Waals surface area contributed by atoms with Gasteiger partial charge in [0.15, 0.2) is 0 Å². The van der Waals surface area contributed by atoms with E-state index >= 15 is 0 Å². The second-order valence-corrected chi connectivity index (χ2v) is 6.22. The first-order valence-corrected chi connectivity index (χ1v) is 8.10. The Bertz CT molecular complexity index is 790. The van der Waals surface area contributed by atoms with Gasteiger partial charge in [-0.3, -0.25) is 4.68 Å². The zero-order valence-electron chi connectivity index (χ0n) is 13.3. The van der Waals surface area contributed by atoms with Crippen LogP contribution in [0.25, 0.3) is 10.9 Å². The van der Waals surface area contributed by atoms with E-state index in [0.29, 0.717) is 5.92 Å². The van der Waals surface area contributed by atoms with Crippen molar-refractivity contribution in [1.82, 2.24) is 25.0 Å².